The van der Waals surface area contributed by atoms with Gasteiger partial charge >= 0.3 is 0 Å². The van der Waals surface area contributed by atoms with Gasteiger partial charge in [-0.25, -0.2) is 8.78 Å². The van der Waals surface area contributed by atoms with Crippen LogP contribution in [-0.4, -0.2) is 4.98 Å². The van der Waals surface area contributed by atoms with Gasteiger partial charge in [0.2, 0.25) is 0 Å². The number of nitrogens with two attached hydrogens (primary N) is 1. The number of nitriles is 1. The number of hydrogen-bond donors (Lipinski definition) is 1. The van der Waals surface area contributed by atoms with Crippen molar-refractivity contribution in [1.82, 2.24) is 4.98 Å². The first kappa shape index (κ1) is 11.7. The Balaban J connectivity index is 3.27. The third-order valence-corrected chi connectivity index (χ3v) is 2.11. The average molecular weight is 232 g/mol. The number of alkyl halides is 3. The molecule has 1 aromatic heterocycles. The third-order valence-electron chi connectivity index (χ3n) is 1.84. The fourth-order valence-electron chi connectivity index (χ4n) is 1.17. The third kappa shape index (κ3) is 2.54. The summed E-state index contributed by atoms with van der Waals surface area (Å²) in [7, 11) is 0. The van der Waals surface area contributed by atoms with Crippen LogP contribution in [0.25, 0.3) is 0 Å². The Morgan fingerprint density at radius 1 is 1.60 bits per heavy atom. The summed E-state index contributed by atoms with van der Waals surface area (Å²) in [4.78, 5) is 3.66. The van der Waals surface area contributed by atoms with Crippen LogP contribution in [0, 0.1) is 11.3 Å². The highest BCUT2D eigenvalue weighted by molar-refractivity contribution is 6.17. The highest BCUT2D eigenvalue weighted by atomic mass is 35.5. The summed E-state index contributed by atoms with van der Waals surface area (Å²) in [5, 5.41) is 8.42. The molecule has 0 bridgehead atoms. The molecule has 0 spiro atoms. The van der Waals surface area contributed by atoms with E-state index in [2.05, 4.69) is 4.98 Å². The molecule has 0 radical (unpaired) electrons. The first-order valence-electron chi connectivity index (χ1n) is 4.09. The minimum absolute atomic E-state index is 0.0491. The van der Waals surface area contributed by atoms with Gasteiger partial charge in [-0.15, -0.1) is 11.6 Å². The Labute approximate surface area is 90.5 Å². The Bertz CT molecular complexity index is 401. The molecule has 1 rings (SSSR count). The molecule has 0 aliphatic heterocycles. The molecule has 0 atom stereocenters. The number of halogens is 3. The van der Waals surface area contributed by atoms with Gasteiger partial charge in [-0.1, -0.05) is 0 Å². The zero-order valence-electron chi connectivity index (χ0n) is 7.67. The van der Waals surface area contributed by atoms with E-state index in [1.165, 1.54) is 6.07 Å². The Morgan fingerprint density at radius 3 is 2.73 bits per heavy atom. The number of anilines is 1. The molecule has 0 amide bonds. The molecule has 0 unspecified atom stereocenters. The lowest BCUT2D eigenvalue weighted by Crippen LogP contribution is -2.05. The van der Waals surface area contributed by atoms with Crippen LogP contribution in [0.1, 0.15) is 23.4 Å². The van der Waals surface area contributed by atoms with Crippen molar-refractivity contribution in [1.29, 1.82) is 5.26 Å². The van der Waals surface area contributed by atoms with Gasteiger partial charge in [0.15, 0.2) is 0 Å². The van der Waals surface area contributed by atoms with E-state index in [-0.39, 0.29) is 29.2 Å². The summed E-state index contributed by atoms with van der Waals surface area (Å²) < 4.78 is 25.1. The van der Waals surface area contributed by atoms with Crippen LogP contribution in [0.15, 0.2) is 6.07 Å². The van der Waals surface area contributed by atoms with Crippen LogP contribution >= 0.6 is 11.6 Å². The molecule has 80 valence electrons. The van der Waals surface area contributed by atoms with Gasteiger partial charge in [-0.3, -0.25) is 4.98 Å². The zero-order chi connectivity index (χ0) is 11.4. The smallest absolute Gasteiger partial charge is 0.280 e. The minimum atomic E-state index is -2.74. The maximum atomic E-state index is 12.6. The van der Waals surface area contributed by atoms with Gasteiger partial charge in [-0.05, 0) is 6.07 Å². The lowest BCUT2D eigenvalue weighted by molar-refractivity contribution is 0.145. The van der Waals surface area contributed by atoms with Crippen molar-refractivity contribution >= 4 is 17.3 Å². The Kier molecular flexibility index (Phi) is 3.81. The molecule has 2 N–H and O–H groups in total. The molecule has 0 saturated heterocycles. The molecule has 0 aliphatic rings. The van der Waals surface area contributed by atoms with Crippen LogP contribution in [0.4, 0.5) is 14.5 Å². The van der Waals surface area contributed by atoms with Crippen LogP contribution < -0.4 is 5.73 Å². The minimum Gasteiger partial charge on any atom is -0.398 e. The molecule has 0 saturated carbocycles. The van der Waals surface area contributed by atoms with E-state index in [1.807, 2.05) is 6.07 Å². The van der Waals surface area contributed by atoms with Crippen molar-refractivity contribution in [2.45, 2.75) is 18.7 Å². The predicted molar refractivity (Wildman–Crippen MR) is 52.5 cm³/mol. The summed E-state index contributed by atoms with van der Waals surface area (Å²) in [5.41, 5.74) is 5.62. The molecule has 15 heavy (non-hydrogen) atoms. The average Bonchev–Trinajstić information content (AvgIpc) is 2.17. The van der Waals surface area contributed by atoms with Gasteiger partial charge < -0.3 is 5.73 Å². The maximum Gasteiger partial charge on any atom is 0.280 e. The second-order valence-corrected chi connectivity index (χ2v) is 3.10. The maximum absolute atomic E-state index is 12.6. The highest BCUT2D eigenvalue weighted by Gasteiger charge is 2.17. The summed E-state index contributed by atoms with van der Waals surface area (Å²) in [6.07, 6.45) is -2.79. The fraction of sp³-hybridized carbons (Fsp3) is 0.333. The summed E-state index contributed by atoms with van der Waals surface area (Å²) >= 11 is 5.49. The molecule has 1 heterocycles. The number of rotatable bonds is 3. The van der Waals surface area contributed by atoms with Gasteiger partial charge in [0, 0.05) is 11.3 Å². The standard InChI is InChI=1S/C9H8ClF2N3/c10-4-6-7(14)3-5(1-2-13)15-8(6)9(11)12/h3,9H,1,4H2,(H2,14,15). The summed E-state index contributed by atoms with van der Waals surface area (Å²) in [6, 6.07) is 3.21. The molecule has 0 aromatic carbocycles. The molecule has 1 aromatic rings. The van der Waals surface area contributed by atoms with E-state index in [0.717, 1.165) is 0 Å². The molecule has 3 nitrogen and oxygen atoms in total. The highest BCUT2D eigenvalue weighted by Crippen LogP contribution is 2.27. The number of nitrogens with zero attached hydrogens (tertiary/aromatic N) is 2. The lowest BCUT2D eigenvalue weighted by Gasteiger charge is -2.09. The molecule has 0 fully saturated rings. The number of hydrogen-bond acceptors (Lipinski definition) is 3. The van der Waals surface area contributed by atoms with E-state index in [4.69, 9.17) is 22.6 Å². The second kappa shape index (κ2) is 4.89. The Morgan fingerprint density at radius 2 is 2.27 bits per heavy atom. The molecule has 6 heteroatoms. The van der Waals surface area contributed by atoms with Crippen LogP contribution in [0.5, 0.6) is 0 Å². The van der Waals surface area contributed by atoms with Crippen molar-refractivity contribution in [3.63, 3.8) is 0 Å². The second-order valence-electron chi connectivity index (χ2n) is 2.84. The van der Waals surface area contributed by atoms with Gasteiger partial charge in [0.1, 0.15) is 5.69 Å². The summed E-state index contributed by atoms with van der Waals surface area (Å²) in [5.74, 6) is -0.120. The van der Waals surface area contributed by atoms with Crippen molar-refractivity contribution < 1.29 is 8.78 Å². The van der Waals surface area contributed by atoms with Gasteiger partial charge in [0.05, 0.1) is 24.1 Å². The van der Waals surface area contributed by atoms with Crippen molar-refractivity contribution in [3.8, 4) is 6.07 Å². The van der Waals surface area contributed by atoms with Gasteiger partial charge in [-0.2, -0.15) is 5.26 Å². The van der Waals surface area contributed by atoms with E-state index in [1.54, 1.807) is 0 Å². The quantitative estimate of drug-likeness (QED) is 0.813. The molecular weight excluding hydrogens is 224 g/mol. The lowest BCUT2D eigenvalue weighted by atomic mass is 10.1. The Hall–Kier alpha value is -1.41. The SMILES string of the molecule is N#CCc1cc(N)c(CCl)c(C(F)F)n1. The number of pyridine rings is 1. The van der Waals surface area contributed by atoms with Crippen LogP contribution in [-0.2, 0) is 12.3 Å². The first-order chi connectivity index (χ1) is 7.10. The van der Waals surface area contributed by atoms with Crippen molar-refractivity contribution in [3.05, 3.63) is 23.0 Å². The largest absolute Gasteiger partial charge is 0.398 e. The van der Waals surface area contributed by atoms with Crippen molar-refractivity contribution in [2.24, 2.45) is 0 Å². The number of nitrogen functional groups attached to an aromatic ring is 1. The monoisotopic (exact) mass is 231 g/mol. The van der Waals surface area contributed by atoms with Crippen LogP contribution in [0.2, 0.25) is 0 Å². The number of aromatic nitrogens is 1. The predicted octanol–water partition coefficient (Wildman–Crippen LogP) is 2.41. The van der Waals surface area contributed by atoms with Gasteiger partial charge in [0.25, 0.3) is 6.43 Å². The van der Waals surface area contributed by atoms with E-state index in [9.17, 15) is 8.78 Å². The fourth-order valence-corrected chi connectivity index (χ4v) is 1.46. The zero-order valence-corrected chi connectivity index (χ0v) is 8.43. The van der Waals surface area contributed by atoms with Crippen molar-refractivity contribution in [2.75, 3.05) is 5.73 Å². The molecule has 0 aliphatic carbocycles. The van der Waals surface area contributed by atoms with E-state index < -0.39 is 12.1 Å². The van der Waals surface area contributed by atoms with Crippen LogP contribution in [0.3, 0.4) is 0 Å². The van der Waals surface area contributed by atoms with E-state index in [0.29, 0.717) is 0 Å². The normalized spacial score (nSPS) is 10.3. The molecular formula is C9H8ClF2N3. The van der Waals surface area contributed by atoms with E-state index >= 15 is 0 Å². The summed E-state index contributed by atoms with van der Waals surface area (Å²) in [6.45, 7) is 0. The first-order valence-corrected chi connectivity index (χ1v) is 4.62. The topological polar surface area (TPSA) is 62.7 Å².